The lowest BCUT2D eigenvalue weighted by Crippen LogP contribution is -2.43. The minimum atomic E-state index is -0.218. The first kappa shape index (κ1) is 17.9. The van der Waals surface area contributed by atoms with Crippen LogP contribution in [-0.2, 0) is 16.6 Å². The van der Waals surface area contributed by atoms with Crippen molar-refractivity contribution >= 4 is 17.6 Å². The molecule has 6 heteroatoms. The number of benzene rings is 1. The van der Waals surface area contributed by atoms with Gasteiger partial charge in [-0.25, -0.2) is 0 Å². The predicted molar refractivity (Wildman–Crippen MR) is 102 cm³/mol. The van der Waals surface area contributed by atoms with E-state index < -0.39 is 0 Å². The number of amides is 2. The summed E-state index contributed by atoms with van der Waals surface area (Å²) >= 11 is 0. The van der Waals surface area contributed by atoms with Crippen molar-refractivity contribution in [3.8, 4) is 11.3 Å². The van der Waals surface area contributed by atoms with Crippen LogP contribution >= 0.6 is 0 Å². The third-order valence-electron chi connectivity index (χ3n) is 4.83. The Bertz CT molecular complexity index is 840. The number of rotatable bonds is 4. The summed E-state index contributed by atoms with van der Waals surface area (Å²) in [7, 11) is 1.81. The van der Waals surface area contributed by atoms with Crippen molar-refractivity contribution in [1.82, 2.24) is 14.7 Å². The second-order valence-corrected chi connectivity index (χ2v) is 6.67. The summed E-state index contributed by atoms with van der Waals surface area (Å²) in [6, 6.07) is 9.90. The number of nitrogens with zero attached hydrogens (tertiary/aromatic N) is 3. The van der Waals surface area contributed by atoms with Crippen molar-refractivity contribution in [2.75, 3.05) is 18.4 Å². The molecule has 1 saturated heterocycles. The van der Waals surface area contributed by atoms with Crippen molar-refractivity contribution in [1.29, 1.82) is 0 Å². The molecule has 1 atom stereocenters. The van der Waals surface area contributed by atoms with Crippen molar-refractivity contribution in [3.63, 3.8) is 0 Å². The number of hydrogen-bond donors (Lipinski definition) is 1. The standard InChI is InChI=1S/C20H24N4O2/c1-4-19(25)24-11-7-9-15(13-24)20(26)21-18-12-17(22-23(18)3)16-10-6-5-8-14(16)2/h4-6,8,10,12,15H,1,7,9,11,13H2,2-3H3,(H,21,26). The summed E-state index contributed by atoms with van der Waals surface area (Å²) in [4.78, 5) is 26.2. The highest BCUT2D eigenvalue weighted by Gasteiger charge is 2.28. The highest BCUT2D eigenvalue weighted by molar-refractivity contribution is 5.93. The van der Waals surface area contributed by atoms with Gasteiger partial charge in [0.2, 0.25) is 11.8 Å². The van der Waals surface area contributed by atoms with Crippen LogP contribution in [0.1, 0.15) is 18.4 Å². The maximum absolute atomic E-state index is 12.7. The summed E-state index contributed by atoms with van der Waals surface area (Å²) in [6.45, 7) is 6.67. The Morgan fingerprint density at radius 2 is 2.12 bits per heavy atom. The molecule has 0 spiro atoms. The number of carbonyl (C=O) groups excluding carboxylic acids is 2. The lowest BCUT2D eigenvalue weighted by Gasteiger charge is -2.31. The molecule has 0 radical (unpaired) electrons. The molecule has 2 aromatic rings. The van der Waals surface area contributed by atoms with Crippen LogP contribution in [-0.4, -0.2) is 39.6 Å². The summed E-state index contributed by atoms with van der Waals surface area (Å²) in [5.41, 5.74) is 3.01. The largest absolute Gasteiger partial charge is 0.338 e. The van der Waals surface area contributed by atoms with Crippen LogP contribution in [0.25, 0.3) is 11.3 Å². The number of aromatic nitrogens is 2. The van der Waals surface area contributed by atoms with E-state index in [9.17, 15) is 9.59 Å². The Morgan fingerprint density at radius 1 is 1.35 bits per heavy atom. The van der Waals surface area contributed by atoms with Crippen LogP contribution in [0.4, 0.5) is 5.82 Å². The SMILES string of the molecule is C=CC(=O)N1CCCC(C(=O)Nc2cc(-c3ccccc3C)nn2C)C1. The topological polar surface area (TPSA) is 67.2 Å². The third kappa shape index (κ3) is 3.69. The van der Waals surface area contributed by atoms with E-state index in [-0.39, 0.29) is 17.7 Å². The zero-order valence-corrected chi connectivity index (χ0v) is 15.2. The summed E-state index contributed by atoms with van der Waals surface area (Å²) in [5.74, 6) is 0.237. The first-order valence-electron chi connectivity index (χ1n) is 8.82. The van der Waals surface area contributed by atoms with Gasteiger partial charge in [0, 0.05) is 31.8 Å². The van der Waals surface area contributed by atoms with E-state index in [1.165, 1.54) is 6.08 Å². The first-order chi connectivity index (χ1) is 12.5. The monoisotopic (exact) mass is 352 g/mol. The molecule has 1 aliphatic rings. The van der Waals surface area contributed by atoms with E-state index in [4.69, 9.17) is 0 Å². The van der Waals surface area contributed by atoms with Gasteiger partial charge in [-0.1, -0.05) is 30.8 Å². The first-order valence-corrected chi connectivity index (χ1v) is 8.82. The smallest absolute Gasteiger partial charge is 0.245 e. The molecular weight excluding hydrogens is 328 g/mol. The van der Waals surface area contributed by atoms with Crippen LogP contribution in [0.3, 0.4) is 0 Å². The fraction of sp³-hybridized carbons (Fsp3) is 0.350. The van der Waals surface area contributed by atoms with Crippen LogP contribution in [0, 0.1) is 12.8 Å². The molecule has 26 heavy (non-hydrogen) atoms. The van der Waals surface area contributed by atoms with E-state index in [1.807, 2.05) is 44.3 Å². The van der Waals surface area contributed by atoms with Crippen LogP contribution < -0.4 is 5.32 Å². The lowest BCUT2D eigenvalue weighted by molar-refractivity contribution is -0.130. The molecule has 0 saturated carbocycles. The van der Waals surface area contributed by atoms with Crippen molar-refractivity contribution in [3.05, 3.63) is 48.6 Å². The van der Waals surface area contributed by atoms with E-state index in [2.05, 4.69) is 17.0 Å². The highest BCUT2D eigenvalue weighted by atomic mass is 16.2. The number of piperidine rings is 1. The summed E-state index contributed by atoms with van der Waals surface area (Å²) in [5, 5.41) is 7.49. The quantitative estimate of drug-likeness (QED) is 0.861. The second-order valence-electron chi connectivity index (χ2n) is 6.67. The maximum Gasteiger partial charge on any atom is 0.245 e. The van der Waals surface area contributed by atoms with Gasteiger partial charge < -0.3 is 10.2 Å². The molecule has 1 unspecified atom stereocenters. The van der Waals surface area contributed by atoms with Gasteiger partial charge in [0.1, 0.15) is 5.82 Å². The molecule has 1 fully saturated rings. The second kappa shape index (κ2) is 7.56. The Morgan fingerprint density at radius 3 is 2.85 bits per heavy atom. The van der Waals surface area contributed by atoms with Gasteiger partial charge in [-0.3, -0.25) is 14.3 Å². The van der Waals surface area contributed by atoms with Gasteiger partial charge in [0.15, 0.2) is 0 Å². The number of anilines is 1. The Labute approximate surface area is 153 Å². The van der Waals surface area contributed by atoms with Crippen LogP contribution in [0.5, 0.6) is 0 Å². The van der Waals surface area contributed by atoms with Gasteiger partial charge in [-0.15, -0.1) is 0 Å². The van der Waals surface area contributed by atoms with E-state index >= 15 is 0 Å². The Balaban J connectivity index is 1.73. The van der Waals surface area contributed by atoms with Gasteiger partial charge in [0.25, 0.3) is 0 Å². The predicted octanol–water partition coefficient (Wildman–Crippen LogP) is 2.76. The molecular formula is C20H24N4O2. The van der Waals surface area contributed by atoms with Crippen molar-refractivity contribution in [2.24, 2.45) is 13.0 Å². The van der Waals surface area contributed by atoms with E-state index in [0.717, 1.165) is 29.7 Å². The van der Waals surface area contributed by atoms with Crippen molar-refractivity contribution in [2.45, 2.75) is 19.8 Å². The third-order valence-corrected chi connectivity index (χ3v) is 4.83. The van der Waals surface area contributed by atoms with Crippen molar-refractivity contribution < 1.29 is 9.59 Å². The maximum atomic E-state index is 12.7. The van der Waals surface area contributed by atoms with Crippen LogP contribution in [0.15, 0.2) is 43.0 Å². The molecule has 2 amide bonds. The molecule has 0 bridgehead atoms. The summed E-state index contributed by atoms with van der Waals surface area (Å²) < 4.78 is 1.68. The fourth-order valence-corrected chi connectivity index (χ4v) is 3.32. The minimum Gasteiger partial charge on any atom is -0.338 e. The molecule has 1 N–H and O–H groups in total. The lowest BCUT2D eigenvalue weighted by atomic mass is 9.97. The number of hydrogen-bond acceptors (Lipinski definition) is 3. The molecule has 136 valence electrons. The molecule has 2 heterocycles. The molecule has 1 aromatic heterocycles. The zero-order chi connectivity index (χ0) is 18.7. The molecule has 0 aliphatic carbocycles. The van der Waals surface area contributed by atoms with Gasteiger partial charge in [-0.2, -0.15) is 5.10 Å². The highest BCUT2D eigenvalue weighted by Crippen LogP contribution is 2.25. The average molecular weight is 352 g/mol. The Kier molecular flexibility index (Phi) is 5.21. The molecule has 1 aliphatic heterocycles. The fourth-order valence-electron chi connectivity index (χ4n) is 3.32. The molecule has 6 nitrogen and oxygen atoms in total. The molecule has 3 rings (SSSR count). The van der Waals surface area contributed by atoms with Gasteiger partial charge in [-0.05, 0) is 31.4 Å². The van der Waals surface area contributed by atoms with Crippen LogP contribution in [0.2, 0.25) is 0 Å². The number of likely N-dealkylation sites (tertiary alicyclic amines) is 1. The number of carbonyl (C=O) groups is 2. The number of nitrogens with one attached hydrogen (secondary N) is 1. The summed E-state index contributed by atoms with van der Waals surface area (Å²) in [6.07, 6.45) is 2.89. The van der Waals surface area contributed by atoms with Gasteiger partial charge in [0.05, 0.1) is 11.6 Å². The average Bonchev–Trinajstić information content (AvgIpc) is 3.01. The molecule has 1 aromatic carbocycles. The zero-order valence-electron chi connectivity index (χ0n) is 15.2. The minimum absolute atomic E-state index is 0.0779. The van der Waals surface area contributed by atoms with E-state index in [0.29, 0.717) is 18.9 Å². The van der Waals surface area contributed by atoms with Gasteiger partial charge >= 0.3 is 0 Å². The Hall–Kier alpha value is -2.89. The number of aryl methyl sites for hydroxylation is 2. The van der Waals surface area contributed by atoms with E-state index in [1.54, 1.807) is 9.58 Å². The normalized spacial score (nSPS) is 17.0.